The molecule has 0 bridgehead atoms. The van der Waals surface area contributed by atoms with Gasteiger partial charge in [-0.3, -0.25) is 9.09 Å². The van der Waals surface area contributed by atoms with Gasteiger partial charge in [0.15, 0.2) is 12.3 Å². The van der Waals surface area contributed by atoms with E-state index in [4.69, 9.17) is 23.0 Å². The zero-order chi connectivity index (χ0) is 27.2. The molecular formula is C21H31N4O10P2S+. The van der Waals surface area contributed by atoms with Crippen LogP contribution in [0, 0.1) is 0 Å². The summed E-state index contributed by atoms with van der Waals surface area (Å²) < 4.78 is 54.0. The molecule has 0 aliphatic carbocycles. The van der Waals surface area contributed by atoms with Crippen LogP contribution in [0.5, 0.6) is 0 Å². The van der Waals surface area contributed by atoms with E-state index in [-0.39, 0.29) is 6.61 Å². The van der Waals surface area contributed by atoms with Crippen molar-refractivity contribution in [3.63, 3.8) is 0 Å². The Morgan fingerprint density at radius 1 is 1.26 bits per heavy atom. The number of hydrogen-bond donors (Lipinski definition) is 5. The molecule has 4 N–H and O–H groups in total. The topological polar surface area (TPSA) is 184 Å². The maximum Gasteiger partial charge on any atom is 0.582 e. The Bertz CT molecular complexity index is 1240. The molecule has 2 unspecified atom stereocenters. The summed E-state index contributed by atoms with van der Waals surface area (Å²) in [6.45, 7) is 2.80. The van der Waals surface area contributed by atoms with Gasteiger partial charge in [-0.1, -0.05) is 0 Å². The largest absolute Gasteiger partial charge is 0.582 e. The highest BCUT2D eigenvalue weighted by molar-refractivity contribution is 8.39. The summed E-state index contributed by atoms with van der Waals surface area (Å²) in [7, 11) is -6.11. The molecule has 17 heteroatoms. The Kier molecular flexibility index (Phi) is 8.45. The minimum absolute atomic E-state index is 0.322. The van der Waals surface area contributed by atoms with E-state index in [2.05, 4.69) is 27.5 Å². The quantitative estimate of drug-likeness (QED) is 0.208. The first-order valence-corrected chi connectivity index (χ1v) is 16.5. The van der Waals surface area contributed by atoms with Crippen LogP contribution in [-0.4, -0.2) is 99.0 Å². The van der Waals surface area contributed by atoms with Crippen LogP contribution in [0.2, 0.25) is 0 Å². The fourth-order valence-electron chi connectivity index (χ4n) is 5.16. The zero-order valence-electron chi connectivity index (χ0n) is 20.7. The second-order valence-corrected chi connectivity index (χ2v) is 13.2. The van der Waals surface area contributed by atoms with Crippen LogP contribution in [0.15, 0.2) is 12.5 Å². The van der Waals surface area contributed by atoms with Crippen molar-refractivity contribution < 1.29 is 47.5 Å². The number of hydrogen-bond acceptors (Lipinski definition) is 13. The van der Waals surface area contributed by atoms with Crippen LogP contribution in [0.4, 0.5) is 5.82 Å². The average Bonchev–Trinajstić information content (AvgIpc) is 3.40. The summed E-state index contributed by atoms with van der Waals surface area (Å²) >= 11 is 3.70. The number of rotatable bonds is 9. The van der Waals surface area contributed by atoms with Gasteiger partial charge in [0.05, 0.1) is 24.7 Å². The predicted molar refractivity (Wildman–Crippen MR) is 138 cm³/mol. The van der Waals surface area contributed by atoms with E-state index in [1.54, 1.807) is 11.5 Å². The Balaban J connectivity index is 1.29. The lowest BCUT2D eigenvalue weighted by atomic mass is 10.1. The van der Waals surface area contributed by atoms with Gasteiger partial charge in [-0.25, -0.2) is 9.97 Å². The van der Waals surface area contributed by atoms with Gasteiger partial charge in [0, 0.05) is 19.4 Å². The number of thiol groups is 1. The van der Waals surface area contributed by atoms with Crippen LogP contribution in [-0.2, 0) is 38.6 Å². The fourth-order valence-corrected chi connectivity index (χ4v) is 7.18. The van der Waals surface area contributed by atoms with Crippen molar-refractivity contribution in [3.05, 3.63) is 18.1 Å². The van der Waals surface area contributed by atoms with Crippen molar-refractivity contribution in [1.82, 2.24) is 14.5 Å². The van der Waals surface area contributed by atoms with Crippen LogP contribution >= 0.6 is 27.1 Å². The third-order valence-corrected chi connectivity index (χ3v) is 8.89. The van der Waals surface area contributed by atoms with Gasteiger partial charge in [-0.2, -0.15) is 0 Å². The van der Waals surface area contributed by atoms with E-state index in [1.165, 1.54) is 13.0 Å². The molecule has 210 valence electrons. The SMILES string of the molecule is C[C@@H]1O[C@H](COP(C)(=O)O[C@H]2[C@@H](O)[C@H](n3cc4c5c(ncnc53)NCCC4)O[C@@H]2CO)[C@@H](O)[C@H]1O[P+](=O)S. The van der Waals surface area contributed by atoms with Gasteiger partial charge in [-0.05, 0) is 29.9 Å². The second kappa shape index (κ2) is 11.3. The lowest BCUT2D eigenvalue weighted by molar-refractivity contribution is -0.0508. The minimum Gasteiger partial charge on any atom is -0.394 e. The van der Waals surface area contributed by atoms with E-state index >= 15 is 0 Å². The number of anilines is 1. The number of nitrogens with zero attached hydrogens (tertiary/aromatic N) is 3. The summed E-state index contributed by atoms with van der Waals surface area (Å²) in [5.41, 5.74) is 1.55. The summed E-state index contributed by atoms with van der Waals surface area (Å²) in [5.74, 6) is 0.700. The third kappa shape index (κ3) is 5.52. The number of ether oxygens (including phenoxy) is 2. The summed E-state index contributed by atoms with van der Waals surface area (Å²) in [6, 6.07) is 0. The van der Waals surface area contributed by atoms with E-state index < -0.39 is 70.4 Å². The maximum atomic E-state index is 13.2. The molecule has 0 radical (unpaired) electrons. The van der Waals surface area contributed by atoms with E-state index in [1.807, 2.05) is 6.20 Å². The van der Waals surface area contributed by atoms with Crippen LogP contribution in [0.25, 0.3) is 11.0 Å². The Hall–Kier alpha value is -1.22. The molecular weight excluding hydrogens is 562 g/mol. The first-order chi connectivity index (χ1) is 18.1. The lowest BCUT2D eigenvalue weighted by Gasteiger charge is -2.25. The second-order valence-electron chi connectivity index (χ2n) is 9.57. The van der Waals surface area contributed by atoms with Gasteiger partial charge >= 0.3 is 14.8 Å². The first kappa shape index (κ1) is 28.3. The number of aromatic nitrogens is 3. The number of aliphatic hydroxyl groups excluding tert-OH is 3. The highest BCUT2D eigenvalue weighted by Crippen LogP contribution is 2.50. The van der Waals surface area contributed by atoms with Crippen molar-refractivity contribution in [2.24, 2.45) is 0 Å². The van der Waals surface area contributed by atoms with E-state index in [0.29, 0.717) is 11.5 Å². The molecule has 0 amide bonds. The Morgan fingerprint density at radius 3 is 2.79 bits per heavy atom. The molecule has 0 saturated carbocycles. The molecule has 2 aromatic rings. The molecule has 2 aromatic heterocycles. The van der Waals surface area contributed by atoms with Crippen molar-refractivity contribution in [2.75, 3.05) is 31.7 Å². The predicted octanol–water partition coefficient (Wildman–Crippen LogP) is 1.39. The number of aryl methyl sites for hydroxylation is 1. The van der Waals surface area contributed by atoms with E-state index in [0.717, 1.165) is 30.3 Å². The molecule has 5 heterocycles. The molecule has 3 aliphatic heterocycles. The van der Waals surface area contributed by atoms with Crippen molar-refractivity contribution in [3.8, 4) is 0 Å². The van der Waals surface area contributed by atoms with Crippen molar-refractivity contribution >= 4 is 43.9 Å². The molecule has 10 atom stereocenters. The summed E-state index contributed by atoms with van der Waals surface area (Å²) in [6.07, 6.45) is -3.16. The van der Waals surface area contributed by atoms with Crippen LogP contribution in [0.3, 0.4) is 0 Å². The molecule has 3 aliphatic rings. The standard InChI is InChI=1S/C21H30N4O10P2S/c1-10-17(34-36(29)38)15(27)13(32-10)8-31-37(2,30)35-18-12(7-26)33-21(16(18)28)25-6-11-4-3-5-22-19-14(11)20(25)24-9-23-19/h6,9-10,12-13,15-18,21,26-28H,3-5,7-8H2,1-2H3,(H-,22,23,24,29,38)/p+1/t10-,12+,13+,15+,16+,17-,18+,21+,37?/m0/s1. The highest BCUT2D eigenvalue weighted by atomic mass is 32.7. The van der Waals surface area contributed by atoms with Gasteiger partial charge in [-0.15, -0.1) is 4.52 Å². The molecule has 5 rings (SSSR count). The lowest BCUT2D eigenvalue weighted by Crippen LogP contribution is -2.36. The van der Waals surface area contributed by atoms with Gasteiger partial charge in [0.25, 0.3) is 0 Å². The molecule has 0 aromatic carbocycles. The van der Waals surface area contributed by atoms with Gasteiger partial charge in [0.2, 0.25) is 0 Å². The van der Waals surface area contributed by atoms with Crippen molar-refractivity contribution in [1.29, 1.82) is 0 Å². The normalized spacial score (nSPS) is 35.2. The van der Waals surface area contributed by atoms with Gasteiger partial charge in [0.1, 0.15) is 60.6 Å². The van der Waals surface area contributed by atoms with E-state index in [9.17, 15) is 24.4 Å². The number of aliphatic hydroxyl groups is 3. The van der Waals surface area contributed by atoms with Gasteiger partial charge < -0.3 is 39.2 Å². The third-order valence-electron chi connectivity index (χ3n) is 6.93. The minimum atomic E-state index is -3.85. The van der Waals surface area contributed by atoms with Crippen LogP contribution in [0.1, 0.15) is 25.1 Å². The summed E-state index contributed by atoms with van der Waals surface area (Å²) in [5, 5.41) is 35.7. The molecule has 2 saturated heterocycles. The van der Waals surface area contributed by atoms with Crippen molar-refractivity contribution in [2.45, 2.75) is 68.7 Å². The average molecular weight is 594 g/mol. The molecule has 14 nitrogen and oxygen atoms in total. The first-order valence-electron chi connectivity index (χ1n) is 12.2. The molecule has 0 spiro atoms. The fraction of sp³-hybridized carbons (Fsp3) is 0.714. The maximum absolute atomic E-state index is 13.2. The Morgan fingerprint density at radius 2 is 2.05 bits per heavy atom. The molecule has 38 heavy (non-hydrogen) atoms. The monoisotopic (exact) mass is 593 g/mol. The molecule has 2 fully saturated rings. The number of nitrogens with one attached hydrogen (secondary N) is 1. The summed E-state index contributed by atoms with van der Waals surface area (Å²) in [4.78, 5) is 8.71. The smallest absolute Gasteiger partial charge is 0.394 e. The highest BCUT2D eigenvalue weighted by Gasteiger charge is 2.50. The van der Waals surface area contributed by atoms with Crippen LogP contribution < -0.4 is 5.32 Å². The Labute approximate surface area is 224 Å². The zero-order valence-corrected chi connectivity index (χ0v) is 23.4.